The highest BCUT2D eigenvalue weighted by atomic mass is 79.9. The van der Waals surface area contributed by atoms with E-state index in [-0.39, 0.29) is 12.5 Å². The lowest BCUT2D eigenvalue weighted by atomic mass is 10.3. The fourth-order valence-corrected chi connectivity index (χ4v) is 1.48. The van der Waals surface area contributed by atoms with Crippen molar-refractivity contribution in [3.05, 3.63) is 28.6 Å². The van der Waals surface area contributed by atoms with Crippen LogP contribution in [-0.4, -0.2) is 24.5 Å². The standard InChI is InChI=1S/C12H14BrNO4/c1-3-17-12(16)8(2)14-11(15)7-5-9-4-6-10(13)18-9/h4-8H,3H2,1-2H3,(H,14,15)/b7-5+. The normalized spacial score (nSPS) is 12.4. The summed E-state index contributed by atoms with van der Waals surface area (Å²) in [7, 11) is 0. The minimum atomic E-state index is -0.676. The molecule has 0 fully saturated rings. The Bertz CT molecular complexity index is 453. The van der Waals surface area contributed by atoms with E-state index in [9.17, 15) is 9.59 Å². The highest BCUT2D eigenvalue weighted by molar-refractivity contribution is 9.10. The monoisotopic (exact) mass is 315 g/mol. The quantitative estimate of drug-likeness (QED) is 0.667. The number of amides is 1. The molecule has 0 aliphatic carbocycles. The van der Waals surface area contributed by atoms with Crippen molar-refractivity contribution in [2.75, 3.05) is 6.61 Å². The Morgan fingerprint density at radius 2 is 2.28 bits per heavy atom. The molecule has 0 aliphatic heterocycles. The van der Waals surface area contributed by atoms with E-state index in [0.29, 0.717) is 10.4 Å². The first-order chi connectivity index (χ1) is 8.52. The van der Waals surface area contributed by atoms with Crippen LogP contribution >= 0.6 is 15.9 Å². The molecule has 0 spiro atoms. The molecule has 1 N–H and O–H groups in total. The Morgan fingerprint density at radius 1 is 1.56 bits per heavy atom. The number of carbonyl (C=O) groups excluding carboxylic acids is 2. The van der Waals surface area contributed by atoms with Crippen molar-refractivity contribution in [2.24, 2.45) is 0 Å². The number of rotatable bonds is 5. The predicted molar refractivity (Wildman–Crippen MR) is 69.7 cm³/mol. The molecule has 6 heteroatoms. The highest BCUT2D eigenvalue weighted by Crippen LogP contribution is 2.14. The summed E-state index contributed by atoms with van der Waals surface area (Å²) < 4.78 is 10.5. The molecule has 1 amide bonds. The molecular weight excluding hydrogens is 302 g/mol. The van der Waals surface area contributed by atoms with Crippen molar-refractivity contribution in [3.63, 3.8) is 0 Å². The second-order valence-electron chi connectivity index (χ2n) is 3.46. The summed E-state index contributed by atoms with van der Waals surface area (Å²) in [4.78, 5) is 22.8. The third kappa shape index (κ3) is 4.75. The van der Waals surface area contributed by atoms with Crippen molar-refractivity contribution in [1.29, 1.82) is 0 Å². The number of ether oxygens (including phenoxy) is 1. The minimum Gasteiger partial charge on any atom is -0.464 e. The van der Waals surface area contributed by atoms with Gasteiger partial charge in [-0.2, -0.15) is 0 Å². The molecule has 1 rings (SSSR count). The predicted octanol–water partition coefficient (Wildman–Crippen LogP) is 2.12. The van der Waals surface area contributed by atoms with Crippen LogP contribution in [0.2, 0.25) is 0 Å². The molecule has 1 heterocycles. The number of hydrogen-bond acceptors (Lipinski definition) is 4. The van der Waals surface area contributed by atoms with E-state index in [4.69, 9.17) is 9.15 Å². The molecule has 18 heavy (non-hydrogen) atoms. The molecule has 1 unspecified atom stereocenters. The largest absolute Gasteiger partial charge is 0.464 e. The molecule has 5 nitrogen and oxygen atoms in total. The Labute approximate surface area is 113 Å². The smallest absolute Gasteiger partial charge is 0.328 e. The van der Waals surface area contributed by atoms with E-state index >= 15 is 0 Å². The van der Waals surface area contributed by atoms with Gasteiger partial charge in [-0.1, -0.05) is 0 Å². The first-order valence-corrected chi connectivity index (χ1v) is 6.22. The summed E-state index contributed by atoms with van der Waals surface area (Å²) in [6.07, 6.45) is 2.80. The first-order valence-electron chi connectivity index (χ1n) is 5.43. The van der Waals surface area contributed by atoms with Crippen molar-refractivity contribution in [2.45, 2.75) is 19.9 Å². The zero-order valence-electron chi connectivity index (χ0n) is 10.1. The van der Waals surface area contributed by atoms with Crippen LogP contribution in [0, 0.1) is 0 Å². The Hall–Kier alpha value is -1.56. The van der Waals surface area contributed by atoms with Gasteiger partial charge in [0, 0.05) is 6.08 Å². The van der Waals surface area contributed by atoms with Crippen LogP contribution in [0.15, 0.2) is 27.3 Å². The third-order valence-electron chi connectivity index (χ3n) is 1.99. The molecule has 0 saturated carbocycles. The lowest BCUT2D eigenvalue weighted by molar-refractivity contribution is -0.146. The van der Waals surface area contributed by atoms with Gasteiger partial charge in [-0.25, -0.2) is 4.79 Å². The van der Waals surface area contributed by atoms with Crippen LogP contribution in [0.4, 0.5) is 0 Å². The van der Waals surface area contributed by atoms with E-state index in [2.05, 4.69) is 21.2 Å². The number of esters is 1. The molecule has 1 aromatic rings. The van der Waals surface area contributed by atoms with Gasteiger partial charge in [0.05, 0.1) is 6.61 Å². The van der Waals surface area contributed by atoms with Gasteiger partial charge < -0.3 is 14.5 Å². The van der Waals surface area contributed by atoms with Crippen molar-refractivity contribution in [1.82, 2.24) is 5.32 Å². The summed E-state index contributed by atoms with van der Waals surface area (Å²) in [5.41, 5.74) is 0. The zero-order valence-corrected chi connectivity index (χ0v) is 11.7. The average Bonchev–Trinajstić information content (AvgIpc) is 2.73. The van der Waals surface area contributed by atoms with Crippen LogP contribution in [0.5, 0.6) is 0 Å². The van der Waals surface area contributed by atoms with Crippen molar-refractivity contribution >= 4 is 33.9 Å². The van der Waals surface area contributed by atoms with E-state index in [0.717, 1.165) is 0 Å². The maximum Gasteiger partial charge on any atom is 0.328 e. The highest BCUT2D eigenvalue weighted by Gasteiger charge is 2.14. The van der Waals surface area contributed by atoms with E-state index < -0.39 is 12.0 Å². The SMILES string of the molecule is CCOC(=O)C(C)NC(=O)/C=C/c1ccc(Br)o1. The van der Waals surface area contributed by atoms with Gasteiger partial charge in [-0.15, -0.1) is 0 Å². The molecule has 1 aromatic heterocycles. The topological polar surface area (TPSA) is 68.5 Å². The van der Waals surface area contributed by atoms with Crippen molar-refractivity contribution < 1.29 is 18.7 Å². The fraction of sp³-hybridized carbons (Fsp3) is 0.333. The number of nitrogens with one attached hydrogen (secondary N) is 1. The fourth-order valence-electron chi connectivity index (χ4n) is 1.16. The van der Waals surface area contributed by atoms with Crippen LogP contribution in [-0.2, 0) is 14.3 Å². The van der Waals surface area contributed by atoms with Gasteiger partial charge in [0.1, 0.15) is 11.8 Å². The lowest BCUT2D eigenvalue weighted by Gasteiger charge is -2.10. The molecule has 0 bridgehead atoms. The molecule has 0 radical (unpaired) electrons. The summed E-state index contributed by atoms with van der Waals surface area (Å²) in [6, 6.07) is 2.76. The second-order valence-corrected chi connectivity index (χ2v) is 4.24. The molecule has 1 atom stereocenters. The number of halogens is 1. The maximum absolute atomic E-state index is 11.5. The molecule has 0 saturated heterocycles. The van der Waals surface area contributed by atoms with Gasteiger partial charge in [0.15, 0.2) is 4.67 Å². The summed E-state index contributed by atoms with van der Waals surface area (Å²) in [5, 5.41) is 2.49. The third-order valence-corrected chi connectivity index (χ3v) is 2.42. The van der Waals surface area contributed by atoms with Gasteiger partial charge in [-0.3, -0.25) is 4.79 Å². The molecular formula is C12H14BrNO4. The van der Waals surface area contributed by atoms with Crippen LogP contribution in [0.3, 0.4) is 0 Å². The lowest BCUT2D eigenvalue weighted by Crippen LogP contribution is -2.38. The van der Waals surface area contributed by atoms with E-state index in [1.54, 1.807) is 26.0 Å². The maximum atomic E-state index is 11.5. The van der Waals surface area contributed by atoms with Gasteiger partial charge in [0.2, 0.25) is 5.91 Å². The number of furan rings is 1. The van der Waals surface area contributed by atoms with E-state index in [1.807, 2.05) is 0 Å². The number of carbonyl (C=O) groups is 2. The Balaban J connectivity index is 2.46. The van der Waals surface area contributed by atoms with Crippen LogP contribution in [0.1, 0.15) is 19.6 Å². The summed E-state index contributed by atoms with van der Waals surface area (Å²) in [5.74, 6) is -0.302. The van der Waals surface area contributed by atoms with E-state index in [1.165, 1.54) is 12.2 Å². The van der Waals surface area contributed by atoms with Gasteiger partial charge in [0.25, 0.3) is 0 Å². The average molecular weight is 316 g/mol. The van der Waals surface area contributed by atoms with Crippen molar-refractivity contribution in [3.8, 4) is 0 Å². The van der Waals surface area contributed by atoms with Crippen LogP contribution < -0.4 is 5.32 Å². The van der Waals surface area contributed by atoms with Crippen LogP contribution in [0.25, 0.3) is 6.08 Å². The molecule has 0 aliphatic rings. The minimum absolute atomic E-state index is 0.287. The Kier molecular flexibility index (Phi) is 5.64. The number of hydrogen-bond donors (Lipinski definition) is 1. The summed E-state index contributed by atoms with van der Waals surface area (Å²) in [6.45, 7) is 3.56. The second kappa shape index (κ2) is 7.00. The first kappa shape index (κ1) is 14.5. The summed E-state index contributed by atoms with van der Waals surface area (Å²) >= 11 is 3.15. The van der Waals surface area contributed by atoms with Gasteiger partial charge >= 0.3 is 5.97 Å². The molecule has 0 aromatic carbocycles. The van der Waals surface area contributed by atoms with Gasteiger partial charge in [-0.05, 0) is 48.0 Å². The zero-order chi connectivity index (χ0) is 13.5. The molecule has 98 valence electrons. The Morgan fingerprint density at radius 3 is 2.83 bits per heavy atom.